The predicted molar refractivity (Wildman–Crippen MR) is 167 cm³/mol. The van der Waals surface area contributed by atoms with Crippen LogP contribution in [0.1, 0.15) is 28.3 Å². The van der Waals surface area contributed by atoms with E-state index in [0.717, 1.165) is 4.90 Å². The Hall–Kier alpha value is -5.67. The molecule has 46 heavy (non-hydrogen) atoms. The number of primary amides is 1. The Morgan fingerprint density at radius 1 is 1.02 bits per heavy atom. The predicted octanol–water partition coefficient (Wildman–Crippen LogP) is 4.36. The molecule has 0 aliphatic carbocycles. The molecule has 1 saturated heterocycles. The third-order valence-electron chi connectivity index (χ3n) is 7.42. The largest absolute Gasteiger partial charge is 0.364 e. The van der Waals surface area contributed by atoms with E-state index in [1.165, 1.54) is 10.7 Å². The van der Waals surface area contributed by atoms with Gasteiger partial charge in [0.15, 0.2) is 11.5 Å². The molecule has 3 N–H and O–H groups in total. The lowest BCUT2D eigenvalue weighted by molar-refractivity contribution is -0.137. The molecule has 0 radical (unpaired) electrons. The topological polar surface area (TPSA) is 136 Å². The van der Waals surface area contributed by atoms with Crippen molar-refractivity contribution in [1.29, 1.82) is 0 Å². The van der Waals surface area contributed by atoms with Crippen molar-refractivity contribution in [3.63, 3.8) is 0 Å². The van der Waals surface area contributed by atoms with E-state index < -0.39 is 42.3 Å². The molecule has 3 aromatic carbocycles. The van der Waals surface area contributed by atoms with Crippen molar-refractivity contribution in [2.45, 2.75) is 25.2 Å². The van der Waals surface area contributed by atoms with E-state index in [-0.39, 0.29) is 29.9 Å². The van der Waals surface area contributed by atoms with Crippen molar-refractivity contribution in [3.8, 4) is 23.0 Å². The number of likely N-dealkylation sites (tertiary alicyclic amines) is 1. The third kappa shape index (κ3) is 6.27. The number of rotatable bonds is 6. The normalized spacial score (nSPS) is 15.8. The van der Waals surface area contributed by atoms with Crippen LogP contribution in [0, 0.1) is 17.7 Å². The maximum Gasteiger partial charge on any atom is 0.269 e. The van der Waals surface area contributed by atoms with Gasteiger partial charge in [-0.1, -0.05) is 41.8 Å². The first-order valence-electron chi connectivity index (χ1n) is 14.1. The molecule has 5 aromatic rings. The van der Waals surface area contributed by atoms with E-state index in [2.05, 4.69) is 32.2 Å². The number of aromatic nitrogens is 4. The lowest BCUT2D eigenvalue weighted by atomic mass is 10.0. The number of carbonyl (C=O) groups is 3. The highest BCUT2D eigenvalue weighted by Crippen LogP contribution is 2.30. The number of amides is 3. The molecule has 0 bridgehead atoms. The van der Waals surface area contributed by atoms with Gasteiger partial charge in [0.05, 0.1) is 17.7 Å². The fraction of sp³-hybridized carbons (Fsp3) is 0.152. The molecule has 3 amide bonds. The number of benzene rings is 3. The van der Waals surface area contributed by atoms with E-state index >= 15 is 4.39 Å². The summed E-state index contributed by atoms with van der Waals surface area (Å²) in [6.45, 7) is -0.757. The van der Waals surface area contributed by atoms with Crippen LogP contribution in [-0.2, 0) is 16.1 Å². The van der Waals surface area contributed by atoms with Crippen LogP contribution < -0.4 is 11.1 Å². The van der Waals surface area contributed by atoms with Crippen LogP contribution in [-0.4, -0.2) is 61.1 Å². The number of nitrogens with two attached hydrogens (primary N) is 1. The summed E-state index contributed by atoms with van der Waals surface area (Å²) in [5, 5.41) is 7.53. The summed E-state index contributed by atoms with van der Waals surface area (Å²) in [6, 6.07) is 16.4. The average molecular weight is 640 g/mol. The molecule has 1 aliphatic heterocycles. The van der Waals surface area contributed by atoms with Crippen LogP contribution in [0.5, 0.6) is 0 Å². The van der Waals surface area contributed by atoms with Gasteiger partial charge in [0.1, 0.15) is 18.8 Å². The second-order valence-electron chi connectivity index (χ2n) is 10.5. The molecule has 0 saturated carbocycles. The number of anilines is 1. The maximum absolute atomic E-state index is 15.5. The monoisotopic (exact) mass is 639 g/mol. The Balaban J connectivity index is 1.23. The van der Waals surface area contributed by atoms with Crippen molar-refractivity contribution >= 4 is 45.9 Å². The van der Waals surface area contributed by atoms with Crippen molar-refractivity contribution in [2.24, 2.45) is 5.73 Å². The number of hydrogen-bond donors (Lipinski definition) is 2. The van der Waals surface area contributed by atoms with Gasteiger partial charge >= 0.3 is 0 Å². The molecular formula is C33H24ClF2N7O3. The van der Waals surface area contributed by atoms with Crippen molar-refractivity contribution < 1.29 is 23.2 Å². The summed E-state index contributed by atoms with van der Waals surface area (Å²) in [6.07, 6.45) is 1.37. The van der Waals surface area contributed by atoms with Crippen LogP contribution in [0.3, 0.4) is 0 Å². The number of hydrogen-bond acceptors (Lipinski definition) is 6. The third-order valence-corrected chi connectivity index (χ3v) is 7.65. The standard InChI is InChI=1S/C33H24ClF2N7O3/c34-21-5-1-4-20(15-21)23-6-2-7-25(30(23)36)40-33(46)27-16-22(35)17-42(27)29(44)18-43-26-10-8-19(9-11-28-38-12-3-13-39-28)14-24(26)31(41-43)32(37)45/h1-8,10,12-15,22,27H,16-18H2,(H2,37,45)(H,40,46)/t22-,27+/m1/s1. The first-order valence-corrected chi connectivity index (χ1v) is 14.4. The highest BCUT2D eigenvalue weighted by atomic mass is 35.5. The second kappa shape index (κ2) is 12.7. The van der Waals surface area contributed by atoms with Gasteiger partial charge in [-0.05, 0) is 53.9 Å². The Labute approximate surface area is 266 Å². The van der Waals surface area contributed by atoms with Gasteiger partial charge in [0.2, 0.25) is 17.6 Å². The van der Waals surface area contributed by atoms with Crippen molar-refractivity contribution in [3.05, 3.63) is 107 Å². The molecule has 0 unspecified atom stereocenters. The highest BCUT2D eigenvalue weighted by molar-refractivity contribution is 6.30. The maximum atomic E-state index is 15.5. The van der Waals surface area contributed by atoms with Crippen molar-refractivity contribution in [1.82, 2.24) is 24.6 Å². The molecule has 230 valence electrons. The van der Waals surface area contributed by atoms with Crippen LogP contribution in [0.25, 0.3) is 22.0 Å². The number of carbonyl (C=O) groups excluding carboxylic acids is 3. The van der Waals surface area contributed by atoms with Crippen molar-refractivity contribution in [2.75, 3.05) is 11.9 Å². The summed E-state index contributed by atoms with van der Waals surface area (Å²) in [5.74, 6) is 3.16. The van der Waals surface area contributed by atoms with Crippen LogP contribution in [0.4, 0.5) is 14.5 Å². The van der Waals surface area contributed by atoms with E-state index in [4.69, 9.17) is 17.3 Å². The number of alkyl halides is 1. The Morgan fingerprint density at radius 3 is 2.57 bits per heavy atom. The Bertz CT molecular complexity index is 2060. The Kier molecular flexibility index (Phi) is 8.41. The van der Waals surface area contributed by atoms with Gasteiger partial charge in [0.25, 0.3) is 5.91 Å². The average Bonchev–Trinajstić information content (AvgIpc) is 3.62. The molecule has 6 rings (SSSR count). The first-order chi connectivity index (χ1) is 22.2. The molecule has 1 aliphatic rings. The minimum absolute atomic E-state index is 0.0865. The fourth-order valence-electron chi connectivity index (χ4n) is 5.30. The fourth-order valence-corrected chi connectivity index (χ4v) is 5.49. The summed E-state index contributed by atoms with van der Waals surface area (Å²) in [4.78, 5) is 48.2. The molecular weight excluding hydrogens is 616 g/mol. The molecule has 13 heteroatoms. The molecule has 3 heterocycles. The molecule has 0 spiro atoms. The summed E-state index contributed by atoms with van der Waals surface area (Å²) in [5.41, 5.74) is 7.01. The van der Waals surface area contributed by atoms with Crippen LogP contribution in [0.2, 0.25) is 5.02 Å². The quantitative estimate of drug-likeness (QED) is 0.265. The Morgan fingerprint density at radius 2 is 1.80 bits per heavy atom. The van der Waals surface area contributed by atoms with Crippen LogP contribution >= 0.6 is 11.6 Å². The van der Waals surface area contributed by atoms with E-state index in [1.54, 1.807) is 73.1 Å². The summed E-state index contributed by atoms with van der Waals surface area (Å²) < 4.78 is 31.4. The number of fused-ring (bicyclic) bond motifs is 1. The number of nitrogens with zero attached hydrogens (tertiary/aromatic N) is 5. The van der Waals surface area contributed by atoms with Gasteiger partial charge in [-0.25, -0.2) is 18.7 Å². The van der Waals surface area contributed by atoms with E-state index in [0.29, 0.717) is 32.9 Å². The minimum Gasteiger partial charge on any atom is -0.364 e. The zero-order valence-corrected chi connectivity index (χ0v) is 24.7. The van der Waals surface area contributed by atoms with Crippen LogP contribution in [0.15, 0.2) is 79.1 Å². The number of halogens is 3. The van der Waals surface area contributed by atoms with Gasteiger partial charge < -0.3 is 16.0 Å². The van der Waals surface area contributed by atoms with Gasteiger partial charge in [-0.15, -0.1) is 0 Å². The summed E-state index contributed by atoms with van der Waals surface area (Å²) >= 11 is 6.06. The van der Waals surface area contributed by atoms with Gasteiger partial charge in [0, 0.05) is 40.4 Å². The smallest absolute Gasteiger partial charge is 0.269 e. The van der Waals surface area contributed by atoms with Gasteiger partial charge in [-0.2, -0.15) is 5.10 Å². The lowest BCUT2D eigenvalue weighted by Gasteiger charge is -2.24. The number of nitrogens with one attached hydrogen (secondary N) is 1. The zero-order valence-electron chi connectivity index (χ0n) is 24.0. The first kappa shape index (κ1) is 30.4. The van der Waals surface area contributed by atoms with E-state index in [9.17, 15) is 18.8 Å². The highest BCUT2D eigenvalue weighted by Gasteiger charge is 2.40. The second-order valence-corrected chi connectivity index (χ2v) is 10.9. The SMILES string of the molecule is NC(=O)c1nn(CC(=O)N2C[C@H](F)C[C@H]2C(=O)Nc2cccc(-c3cccc(Cl)c3)c2F)c2ccc(C#Cc3ncccn3)cc12. The minimum atomic E-state index is -1.48. The summed E-state index contributed by atoms with van der Waals surface area (Å²) in [7, 11) is 0. The lowest BCUT2D eigenvalue weighted by Crippen LogP contribution is -2.44. The van der Waals surface area contributed by atoms with E-state index in [1.807, 2.05) is 0 Å². The molecule has 2 atom stereocenters. The molecule has 10 nitrogen and oxygen atoms in total. The molecule has 1 fully saturated rings. The zero-order chi connectivity index (χ0) is 32.4. The molecule has 2 aromatic heterocycles. The van der Waals surface area contributed by atoms with Gasteiger partial charge in [-0.3, -0.25) is 19.1 Å².